The van der Waals surface area contributed by atoms with Crippen molar-refractivity contribution >= 4 is 0 Å². The number of ether oxygens (including phenoxy) is 1. The van der Waals surface area contributed by atoms with Gasteiger partial charge in [-0.05, 0) is 17.9 Å². The second-order valence-corrected chi connectivity index (χ2v) is 5.72. The van der Waals surface area contributed by atoms with Crippen LogP contribution in [0.5, 0.6) is 5.88 Å². The maximum Gasteiger partial charge on any atom is 0.212 e. The minimum atomic E-state index is 0.625. The monoisotopic (exact) mass is 263 g/mol. The largest absolute Gasteiger partial charge is 0.481 e. The minimum Gasteiger partial charge on any atom is -0.481 e. The first-order chi connectivity index (χ1) is 9.17. The normalized spacial score (nSPS) is 20.7. The van der Waals surface area contributed by atoms with Gasteiger partial charge in [0.25, 0.3) is 0 Å². The molecule has 1 unspecified atom stereocenters. The highest BCUT2D eigenvalue weighted by molar-refractivity contribution is 5.17. The van der Waals surface area contributed by atoms with E-state index in [2.05, 4.69) is 35.1 Å². The molecule has 0 aromatic carbocycles. The van der Waals surface area contributed by atoms with E-state index in [1.54, 1.807) is 7.11 Å². The van der Waals surface area contributed by atoms with Crippen LogP contribution in [-0.2, 0) is 6.54 Å². The van der Waals surface area contributed by atoms with Gasteiger partial charge in [0.2, 0.25) is 5.88 Å². The lowest BCUT2D eigenvalue weighted by atomic mass is 10.0. The number of hydrogen-bond donors (Lipinski definition) is 1. The molecule has 0 saturated carbocycles. The number of aromatic nitrogens is 1. The van der Waals surface area contributed by atoms with Gasteiger partial charge in [0.15, 0.2) is 0 Å². The molecule has 1 saturated heterocycles. The van der Waals surface area contributed by atoms with Crippen molar-refractivity contribution in [2.75, 3.05) is 26.7 Å². The highest BCUT2D eigenvalue weighted by atomic mass is 16.5. The number of nitrogens with one attached hydrogen (secondary N) is 1. The first-order valence-electron chi connectivity index (χ1n) is 7.12. The van der Waals surface area contributed by atoms with E-state index >= 15 is 0 Å². The van der Waals surface area contributed by atoms with Crippen molar-refractivity contribution in [2.24, 2.45) is 5.92 Å². The summed E-state index contributed by atoms with van der Waals surface area (Å²) < 4.78 is 5.09. The highest BCUT2D eigenvalue weighted by Crippen LogP contribution is 2.13. The summed E-state index contributed by atoms with van der Waals surface area (Å²) in [6.45, 7) is 8.88. The average molecular weight is 263 g/mol. The third-order valence-electron chi connectivity index (χ3n) is 3.51. The minimum absolute atomic E-state index is 0.625. The SMILES string of the molecule is COc1ccc(CN2CCNC(CC(C)C)C2)cn1. The van der Waals surface area contributed by atoms with Crippen LogP contribution in [0, 0.1) is 5.92 Å². The van der Waals surface area contributed by atoms with Crippen molar-refractivity contribution in [1.82, 2.24) is 15.2 Å². The fourth-order valence-electron chi connectivity index (χ4n) is 2.65. The number of piperazine rings is 1. The lowest BCUT2D eigenvalue weighted by Crippen LogP contribution is -2.50. The molecule has 1 atom stereocenters. The maximum atomic E-state index is 5.09. The summed E-state index contributed by atoms with van der Waals surface area (Å²) in [6.07, 6.45) is 3.16. The first-order valence-corrected chi connectivity index (χ1v) is 7.12. The molecular formula is C15H25N3O. The van der Waals surface area contributed by atoms with E-state index in [4.69, 9.17) is 4.74 Å². The summed E-state index contributed by atoms with van der Waals surface area (Å²) >= 11 is 0. The number of nitrogens with zero attached hydrogens (tertiary/aromatic N) is 2. The Balaban J connectivity index is 1.87. The average Bonchev–Trinajstić information content (AvgIpc) is 2.39. The lowest BCUT2D eigenvalue weighted by molar-refractivity contribution is 0.179. The van der Waals surface area contributed by atoms with Crippen LogP contribution in [0.3, 0.4) is 0 Å². The van der Waals surface area contributed by atoms with Gasteiger partial charge >= 0.3 is 0 Å². The van der Waals surface area contributed by atoms with E-state index in [0.717, 1.165) is 32.1 Å². The van der Waals surface area contributed by atoms with E-state index in [1.165, 1.54) is 12.0 Å². The summed E-state index contributed by atoms with van der Waals surface area (Å²) in [5, 5.41) is 3.61. The van der Waals surface area contributed by atoms with Crippen LogP contribution in [0.2, 0.25) is 0 Å². The van der Waals surface area contributed by atoms with Crippen LogP contribution in [0.1, 0.15) is 25.8 Å². The second kappa shape index (κ2) is 6.87. The Morgan fingerprint density at radius 3 is 2.95 bits per heavy atom. The second-order valence-electron chi connectivity index (χ2n) is 5.72. The van der Waals surface area contributed by atoms with Gasteiger partial charge in [-0.1, -0.05) is 19.9 Å². The third kappa shape index (κ3) is 4.48. The molecule has 4 heteroatoms. The van der Waals surface area contributed by atoms with Gasteiger partial charge in [0.05, 0.1) is 7.11 Å². The Morgan fingerprint density at radius 2 is 2.32 bits per heavy atom. The molecule has 4 nitrogen and oxygen atoms in total. The van der Waals surface area contributed by atoms with E-state index in [9.17, 15) is 0 Å². The first kappa shape index (κ1) is 14.3. The van der Waals surface area contributed by atoms with Crippen LogP contribution in [0.4, 0.5) is 0 Å². The van der Waals surface area contributed by atoms with Crippen molar-refractivity contribution in [3.05, 3.63) is 23.9 Å². The third-order valence-corrected chi connectivity index (χ3v) is 3.51. The molecule has 0 spiro atoms. The van der Waals surface area contributed by atoms with Crippen molar-refractivity contribution < 1.29 is 4.74 Å². The number of methoxy groups -OCH3 is 1. The molecule has 0 bridgehead atoms. The van der Waals surface area contributed by atoms with Gasteiger partial charge in [-0.15, -0.1) is 0 Å². The molecular weight excluding hydrogens is 238 g/mol. The van der Waals surface area contributed by atoms with Gasteiger partial charge in [0.1, 0.15) is 0 Å². The molecule has 1 aromatic heterocycles. The van der Waals surface area contributed by atoms with Crippen LogP contribution in [0.15, 0.2) is 18.3 Å². The molecule has 1 aliphatic rings. The Kier molecular flexibility index (Phi) is 5.16. The zero-order chi connectivity index (χ0) is 13.7. The van der Waals surface area contributed by atoms with Gasteiger partial charge < -0.3 is 10.1 Å². The molecule has 1 N–H and O–H groups in total. The smallest absolute Gasteiger partial charge is 0.212 e. The summed E-state index contributed by atoms with van der Waals surface area (Å²) in [4.78, 5) is 6.77. The van der Waals surface area contributed by atoms with Crippen LogP contribution in [0.25, 0.3) is 0 Å². The maximum absolute atomic E-state index is 5.09. The number of pyridine rings is 1. The predicted molar refractivity (Wildman–Crippen MR) is 77.3 cm³/mol. The van der Waals surface area contributed by atoms with Crippen LogP contribution < -0.4 is 10.1 Å². The molecule has 1 aromatic rings. The van der Waals surface area contributed by atoms with Gasteiger partial charge in [-0.25, -0.2) is 4.98 Å². The quantitative estimate of drug-likeness (QED) is 0.880. The fraction of sp³-hybridized carbons (Fsp3) is 0.667. The summed E-state index contributed by atoms with van der Waals surface area (Å²) in [5.74, 6) is 1.43. The zero-order valence-electron chi connectivity index (χ0n) is 12.2. The Labute approximate surface area is 116 Å². The van der Waals surface area contributed by atoms with E-state index < -0.39 is 0 Å². The molecule has 0 amide bonds. The van der Waals surface area contributed by atoms with Crippen molar-refractivity contribution in [3.8, 4) is 5.88 Å². The van der Waals surface area contributed by atoms with E-state index in [1.807, 2.05) is 12.3 Å². The fourth-order valence-corrected chi connectivity index (χ4v) is 2.65. The summed E-state index contributed by atoms with van der Waals surface area (Å²) in [5.41, 5.74) is 1.26. The molecule has 19 heavy (non-hydrogen) atoms. The molecule has 1 fully saturated rings. The van der Waals surface area contributed by atoms with Crippen molar-refractivity contribution in [3.63, 3.8) is 0 Å². The van der Waals surface area contributed by atoms with E-state index in [0.29, 0.717) is 11.9 Å². The molecule has 1 aliphatic heterocycles. The standard InChI is InChI=1S/C15H25N3O/c1-12(2)8-14-11-18(7-6-16-14)10-13-4-5-15(19-3)17-9-13/h4-5,9,12,14,16H,6-8,10-11H2,1-3H3. The highest BCUT2D eigenvalue weighted by Gasteiger charge is 2.19. The zero-order valence-corrected chi connectivity index (χ0v) is 12.2. The lowest BCUT2D eigenvalue weighted by Gasteiger charge is -2.34. The molecule has 0 radical (unpaired) electrons. The molecule has 106 valence electrons. The Bertz CT molecular complexity index is 377. The molecule has 0 aliphatic carbocycles. The summed E-state index contributed by atoms with van der Waals surface area (Å²) in [6, 6.07) is 4.66. The summed E-state index contributed by atoms with van der Waals surface area (Å²) in [7, 11) is 1.65. The van der Waals surface area contributed by atoms with Gasteiger partial charge in [0, 0.05) is 44.5 Å². The number of rotatable bonds is 5. The predicted octanol–water partition coefficient (Wildman–Crippen LogP) is 1.91. The van der Waals surface area contributed by atoms with Crippen LogP contribution >= 0.6 is 0 Å². The number of hydrogen-bond acceptors (Lipinski definition) is 4. The van der Waals surface area contributed by atoms with Crippen molar-refractivity contribution in [1.29, 1.82) is 0 Å². The van der Waals surface area contributed by atoms with E-state index in [-0.39, 0.29) is 0 Å². The van der Waals surface area contributed by atoms with Gasteiger partial charge in [-0.3, -0.25) is 4.90 Å². The topological polar surface area (TPSA) is 37.4 Å². The van der Waals surface area contributed by atoms with Crippen molar-refractivity contribution in [2.45, 2.75) is 32.9 Å². The Hall–Kier alpha value is -1.13. The molecule has 2 rings (SSSR count). The van der Waals surface area contributed by atoms with Gasteiger partial charge in [-0.2, -0.15) is 0 Å². The molecule has 2 heterocycles. The van der Waals surface area contributed by atoms with Crippen LogP contribution in [-0.4, -0.2) is 42.7 Å². The Morgan fingerprint density at radius 1 is 1.47 bits per heavy atom.